The molecule has 29 heavy (non-hydrogen) atoms. The summed E-state index contributed by atoms with van der Waals surface area (Å²) in [6, 6.07) is 11.9. The van der Waals surface area contributed by atoms with Crippen molar-refractivity contribution in [1.29, 1.82) is 0 Å². The van der Waals surface area contributed by atoms with Crippen LogP contribution in [0.2, 0.25) is 5.02 Å². The van der Waals surface area contributed by atoms with E-state index in [1.54, 1.807) is 42.5 Å². The number of piperazine rings is 1. The molecule has 1 aliphatic heterocycles. The van der Waals surface area contributed by atoms with Gasteiger partial charge in [-0.25, -0.2) is 0 Å². The first-order valence-electron chi connectivity index (χ1n) is 9.69. The number of anilines is 1. The molecule has 3 rings (SSSR count). The molecule has 2 aromatic carbocycles. The number of hydrogen-bond acceptors (Lipinski definition) is 4. The first-order chi connectivity index (χ1) is 13.8. The Balaban J connectivity index is 1.71. The molecule has 2 aromatic rings. The van der Waals surface area contributed by atoms with Crippen molar-refractivity contribution in [3.63, 3.8) is 0 Å². The molecule has 0 spiro atoms. The van der Waals surface area contributed by atoms with Gasteiger partial charge in [0.1, 0.15) is 5.75 Å². The third-order valence-corrected chi connectivity index (χ3v) is 5.07. The Morgan fingerprint density at radius 3 is 2.24 bits per heavy atom. The summed E-state index contributed by atoms with van der Waals surface area (Å²) in [5.74, 6) is 0.349. The van der Waals surface area contributed by atoms with E-state index in [4.69, 9.17) is 16.3 Å². The lowest BCUT2D eigenvalue weighted by atomic mass is 10.1. The number of nitrogens with one attached hydrogen (secondary N) is 1. The fourth-order valence-electron chi connectivity index (χ4n) is 3.10. The summed E-state index contributed by atoms with van der Waals surface area (Å²) < 4.78 is 5.59. The SMILES string of the molecule is CC(C)Oc1ccc(C(=O)Nc2cc(C(=O)N3CCN(C)CC3)ccc2Cl)cc1. The Bertz CT molecular complexity index is 875. The van der Waals surface area contributed by atoms with Gasteiger partial charge in [-0.1, -0.05) is 11.6 Å². The molecule has 1 aliphatic rings. The quantitative estimate of drug-likeness (QED) is 0.807. The predicted octanol–water partition coefficient (Wildman–Crippen LogP) is 3.77. The minimum absolute atomic E-state index is 0.0551. The summed E-state index contributed by atoms with van der Waals surface area (Å²) in [5.41, 5.74) is 1.40. The molecule has 7 heteroatoms. The van der Waals surface area contributed by atoms with Crippen LogP contribution < -0.4 is 10.1 Å². The maximum atomic E-state index is 12.8. The van der Waals surface area contributed by atoms with E-state index in [-0.39, 0.29) is 17.9 Å². The third-order valence-electron chi connectivity index (χ3n) is 4.74. The van der Waals surface area contributed by atoms with Gasteiger partial charge >= 0.3 is 0 Å². The van der Waals surface area contributed by atoms with Gasteiger partial charge in [0.15, 0.2) is 0 Å². The molecule has 0 aromatic heterocycles. The van der Waals surface area contributed by atoms with E-state index in [1.165, 1.54) is 0 Å². The van der Waals surface area contributed by atoms with Crippen LogP contribution in [0.25, 0.3) is 0 Å². The normalized spacial score (nSPS) is 14.7. The summed E-state index contributed by atoms with van der Waals surface area (Å²) in [7, 11) is 2.04. The van der Waals surface area contributed by atoms with Crippen molar-refractivity contribution >= 4 is 29.1 Å². The second kappa shape index (κ2) is 9.29. The van der Waals surface area contributed by atoms with E-state index in [1.807, 2.05) is 25.8 Å². The van der Waals surface area contributed by atoms with Crippen molar-refractivity contribution in [3.8, 4) is 5.75 Å². The first-order valence-corrected chi connectivity index (χ1v) is 10.1. The zero-order chi connectivity index (χ0) is 21.0. The summed E-state index contributed by atoms with van der Waals surface area (Å²) in [6.45, 7) is 6.95. The fourth-order valence-corrected chi connectivity index (χ4v) is 3.26. The standard InChI is InChI=1S/C22H26ClN3O3/c1-15(2)29-18-7-4-16(5-8-18)21(27)24-20-14-17(6-9-19(20)23)22(28)26-12-10-25(3)11-13-26/h4-9,14-15H,10-13H2,1-3H3,(H,24,27). The number of ether oxygens (including phenoxy) is 1. The van der Waals surface area contributed by atoms with Crippen molar-refractivity contribution in [1.82, 2.24) is 9.80 Å². The van der Waals surface area contributed by atoms with Crippen molar-refractivity contribution in [2.75, 3.05) is 38.5 Å². The number of rotatable bonds is 5. The summed E-state index contributed by atoms with van der Waals surface area (Å²) in [5, 5.41) is 3.18. The highest BCUT2D eigenvalue weighted by Gasteiger charge is 2.21. The molecule has 0 saturated carbocycles. The summed E-state index contributed by atoms with van der Waals surface area (Å²) >= 11 is 6.25. The molecule has 6 nitrogen and oxygen atoms in total. The van der Waals surface area contributed by atoms with Crippen molar-refractivity contribution in [3.05, 3.63) is 58.6 Å². The average Bonchev–Trinajstić information content (AvgIpc) is 2.70. The molecule has 1 N–H and O–H groups in total. The Kier molecular flexibility index (Phi) is 6.77. The van der Waals surface area contributed by atoms with Crippen LogP contribution in [0.5, 0.6) is 5.75 Å². The smallest absolute Gasteiger partial charge is 0.255 e. The zero-order valence-corrected chi connectivity index (χ0v) is 17.7. The molecule has 1 saturated heterocycles. The van der Waals surface area contributed by atoms with Crippen LogP contribution in [0.3, 0.4) is 0 Å². The molecule has 1 heterocycles. The Morgan fingerprint density at radius 2 is 1.62 bits per heavy atom. The minimum Gasteiger partial charge on any atom is -0.491 e. The van der Waals surface area contributed by atoms with Crippen LogP contribution in [-0.4, -0.2) is 60.9 Å². The fraction of sp³-hybridized carbons (Fsp3) is 0.364. The number of carbonyl (C=O) groups excluding carboxylic acids is 2. The number of hydrogen-bond donors (Lipinski definition) is 1. The van der Waals surface area contributed by atoms with Gasteiger partial charge in [0.2, 0.25) is 0 Å². The molecule has 0 unspecified atom stereocenters. The van der Waals surface area contributed by atoms with Gasteiger partial charge in [-0.3, -0.25) is 9.59 Å². The van der Waals surface area contributed by atoms with Crippen LogP contribution in [0.15, 0.2) is 42.5 Å². The van der Waals surface area contributed by atoms with Crippen LogP contribution in [0, 0.1) is 0 Å². The van der Waals surface area contributed by atoms with Crippen molar-refractivity contribution < 1.29 is 14.3 Å². The van der Waals surface area contributed by atoms with Gasteiger partial charge in [0, 0.05) is 37.3 Å². The lowest BCUT2D eigenvalue weighted by Gasteiger charge is -2.32. The summed E-state index contributed by atoms with van der Waals surface area (Å²) in [6.07, 6.45) is 0.0639. The average molecular weight is 416 g/mol. The topological polar surface area (TPSA) is 61.9 Å². The molecule has 154 valence electrons. The largest absolute Gasteiger partial charge is 0.491 e. The molecular formula is C22H26ClN3O3. The van der Waals surface area contributed by atoms with Gasteiger partial charge < -0.3 is 19.9 Å². The maximum absolute atomic E-state index is 12.8. The predicted molar refractivity (Wildman–Crippen MR) is 115 cm³/mol. The Hall–Kier alpha value is -2.57. The van der Waals surface area contributed by atoms with E-state index in [2.05, 4.69) is 10.2 Å². The molecule has 0 atom stereocenters. The number of halogens is 1. The van der Waals surface area contributed by atoms with Crippen molar-refractivity contribution in [2.24, 2.45) is 0 Å². The molecule has 0 bridgehead atoms. The van der Waals surface area contributed by atoms with E-state index in [0.29, 0.717) is 40.7 Å². The summed E-state index contributed by atoms with van der Waals surface area (Å²) in [4.78, 5) is 29.4. The van der Waals surface area contributed by atoms with Crippen LogP contribution in [-0.2, 0) is 0 Å². The lowest BCUT2D eigenvalue weighted by Crippen LogP contribution is -2.47. The molecule has 2 amide bonds. The maximum Gasteiger partial charge on any atom is 0.255 e. The third kappa shape index (κ3) is 5.49. The van der Waals surface area contributed by atoms with Crippen LogP contribution in [0.1, 0.15) is 34.6 Å². The number of carbonyl (C=O) groups is 2. The Morgan fingerprint density at radius 1 is 1.00 bits per heavy atom. The highest BCUT2D eigenvalue weighted by Crippen LogP contribution is 2.25. The van der Waals surface area contributed by atoms with Crippen LogP contribution in [0.4, 0.5) is 5.69 Å². The zero-order valence-electron chi connectivity index (χ0n) is 16.9. The first kappa shape index (κ1) is 21.1. The van der Waals surface area contributed by atoms with Gasteiger partial charge in [-0.2, -0.15) is 0 Å². The van der Waals surface area contributed by atoms with Gasteiger partial charge in [0.25, 0.3) is 11.8 Å². The molecular weight excluding hydrogens is 390 g/mol. The highest BCUT2D eigenvalue weighted by molar-refractivity contribution is 6.34. The monoisotopic (exact) mass is 415 g/mol. The lowest BCUT2D eigenvalue weighted by molar-refractivity contribution is 0.0664. The van der Waals surface area contributed by atoms with E-state index < -0.39 is 0 Å². The number of nitrogens with zero attached hydrogens (tertiary/aromatic N) is 2. The van der Waals surface area contributed by atoms with E-state index in [9.17, 15) is 9.59 Å². The van der Waals surface area contributed by atoms with E-state index >= 15 is 0 Å². The second-order valence-corrected chi connectivity index (χ2v) is 7.84. The Labute approximate surface area is 176 Å². The van der Waals surface area contributed by atoms with Gasteiger partial charge in [-0.15, -0.1) is 0 Å². The van der Waals surface area contributed by atoms with Gasteiger partial charge in [0.05, 0.1) is 16.8 Å². The number of amides is 2. The second-order valence-electron chi connectivity index (χ2n) is 7.44. The highest BCUT2D eigenvalue weighted by atomic mass is 35.5. The number of likely N-dealkylation sites (N-methyl/N-ethyl adjacent to an activating group) is 1. The van der Waals surface area contributed by atoms with E-state index in [0.717, 1.165) is 13.1 Å². The van der Waals surface area contributed by atoms with Crippen molar-refractivity contribution in [2.45, 2.75) is 20.0 Å². The molecule has 0 radical (unpaired) electrons. The van der Waals surface area contributed by atoms with Crippen LogP contribution >= 0.6 is 11.6 Å². The van der Waals surface area contributed by atoms with Gasteiger partial charge in [-0.05, 0) is 63.4 Å². The number of benzene rings is 2. The molecule has 0 aliphatic carbocycles. The minimum atomic E-state index is -0.299. The molecule has 1 fully saturated rings.